The van der Waals surface area contributed by atoms with Gasteiger partial charge in [-0.25, -0.2) is 4.98 Å². The number of halogens is 1. The number of carbonyl (C=O) groups excluding carboxylic acids is 3. The van der Waals surface area contributed by atoms with Crippen molar-refractivity contribution < 1.29 is 14.4 Å². The summed E-state index contributed by atoms with van der Waals surface area (Å²) >= 11 is 3.21. The molecule has 130 valence electrons. The van der Waals surface area contributed by atoms with Crippen LogP contribution in [-0.2, 0) is 14.4 Å². The third kappa shape index (κ3) is 2.53. The van der Waals surface area contributed by atoms with Crippen molar-refractivity contribution in [2.24, 2.45) is 0 Å². The van der Waals surface area contributed by atoms with Gasteiger partial charge in [0.25, 0.3) is 11.8 Å². The summed E-state index contributed by atoms with van der Waals surface area (Å²) in [6, 6.07) is 5.31. The summed E-state index contributed by atoms with van der Waals surface area (Å²) < 4.78 is 1.88. The van der Waals surface area contributed by atoms with Crippen molar-refractivity contribution in [1.82, 2.24) is 19.9 Å². The van der Waals surface area contributed by atoms with Gasteiger partial charge in [0.15, 0.2) is 0 Å². The van der Waals surface area contributed by atoms with Crippen LogP contribution in [0.4, 0.5) is 5.69 Å². The van der Waals surface area contributed by atoms with E-state index in [0.717, 1.165) is 5.52 Å². The number of nitrogens with zero attached hydrogens (tertiary/aromatic N) is 2. The van der Waals surface area contributed by atoms with E-state index < -0.39 is 11.8 Å². The Kier molecular flexibility index (Phi) is 3.73. The largest absolute Gasteiger partial charge is 0.340 e. The Labute approximate surface area is 155 Å². The molecule has 2 aromatic heterocycles. The number of hydrogen-bond acceptors (Lipinski definition) is 4. The highest BCUT2D eigenvalue weighted by molar-refractivity contribution is 9.12. The first-order valence-electron chi connectivity index (χ1n) is 7.63. The SMILES string of the molecule is CC(=O)Nc1ccc2[nH]c(-n3ccnc3)c(C3=C(Br)C(=O)NC3=O)c2c1. The van der Waals surface area contributed by atoms with Gasteiger partial charge < -0.3 is 10.3 Å². The Morgan fingerprint density at radius 3 is 2.69 bits per heavy atom. The minimum atomic E-state index is -0.492. The minimum absolute atomic E-state index is 0.162. The van der Waals surface area contributed by atoms with Crippen molar-refractivity contribution in [2.45, 2.75) is 6.92 Å². The van der Waals surface area contributed by atoms with Gasteiger partial charge in [0.05, 0.1) is 10.1 Å². The van der Waals surface area contributed by atoms with Crippen molar-refractivity contribution in [3.8, 4) is 5.82 Å². The van der Waals surface area contributed by atoms with E-state index in [4.69, 9.17) is 0 Å². The number of anilines is 1. The summed E-state index contributed by atoms with van der Waals surface area (Å²) in [5.74, 6) is -0.595. The lowest BCUT2D eigenvalue weighted by molar-refractivity contribution is -0.123. The number of aromatic amines is 1. The van der Waals surface area contributed by atoms with Gasteiger partial charge in [0.1, 0.15) is 12.1 Å². The fourth-order valence-corrected chi connectivity index (χ4v) is 3.43. The number of benzene rings is 1. The number of nitrogens with one attached hydrogen (secondary N) is 3. The van der Waals surface area contributed by atoms with Crippen LogP contribution < -0.4 is 10.6 Å². The smallest absolute Gasteiger partial charge is 0.265 e. The van der Waals surface area contributed by atoms with Crippen molar-refractivity contribution in [3.63, 3.8) is 0 Å². The first kappa shape index (κ1) is 16.3. The summed E-state index contributed by atoms with van der Waals surface area (Å²) in [4.78, 5) is 43.0. The number of amides is 3. The van der Waals surface area contributed by atoms with Gasteiger partial charge in [-0.1, -0.05) is 0 Å². The zero-order valence-electron chi connectivity index (χ0n) is 13.5. The fourth-order valence-electron chi connectivity index (χ4n) is 2.95. The van der Waals surface area contributed by atoms with Gasteiger partial charge in [-0.3, -0.25) is 24.3 Å². The molecule has 1 aromatic carbocycles. The van der Waals surface area contributed by atoms with Gasteiger partial charge in [0, 0.05) is 41.5 Å². The van der Waals surface area contributed by atoms with E-state index in [2.05, 4.69) is 36.5 Å². The second-order valence-electron chi connectivity index (χ2n) is 5.73. The predicted molar refractivity (Wildman–Crippen MR) is 98.7 cm³/mol. The lowest BCUT2D eigenvalue weighted by Crippen LogP contribution is -2.22. The summed E-state index contributed by atoms with van der Waals surface area (Å²) in [5, 5.41) is 5.70. The van der Waals surface area contributed by atoms with E-state index >= 15 is 0 Å². The lowest BCUT2D eigenvalue weighted by atomic mass is 10.0. The average molecular weight is 414 g/mol. The van der Waals surface area contributed by atoms with E-state index in [-0.39, 0.29) is 16.0 Å². The summed E-state index contributed by atoms with van der Waals surface area (Å²) in [6.45, 7) is 1.42. The molecule has 9 heteroatoms. The van der Waals surface area contributed by atoms with Crippen LogP contribution in [0, 0.1) is 0 Å². The Balaban J connectivity index is 2.04. The minimum Gasteiger partial charge on any atom is -0.340 e. The van der Waals surface area contributed by atoms with Crippen molar-refractivity contribution in [1.29, 1.82) is 0 Å². The zero-order valence-corrected chi connectivity index (χ0v) is 15.0. The molecule has 8 nitrogen and oxygen atoms in total. The lowest BCUT2D eigenvalue weighted by Gasteiger charge is -2.06. The molecule has 3 amide bonds. The number of fused-ring (bicyclic) bond motifs is 1. The Bertz CT molecular complexity index is 1110. The van der Waals surface area contributed by atoms with Gasteiger partial charge >= 0.3 is 0 Å². The van der Waals surface area contributed by atoms with E-state index in [1.807, 2.05) is 0 Å². The summed E-state index contributed by atoms with van der Waals surface area (Å²) in [7, 11) is 0. The van der Waals surface area contributed by atoms with Gasteiger partial charge in [-0.05, 0) is 34.1 Å². The normalized spacial score (nSPS) is 14.2. The maximum Gasteiger partial charge on any atom is 0.265 e. The van der Waals surface area contributed by atoms with E-state index in [1.54, 1.807) is 41.5 Å². The Morgan fingerprint density at radius 1 is 1.27 bits per heavy atom. The number of aromatic nitrogens is 3. The van der Waals surface area contributed by atoms with Crippen molar-refractivity contribution in [3.05, 3.63) is 47.0 Å². The molecule has 0 unspecified atom stereocenters. The van der Waals surface area contributed by atoms with E-state index in [9.17, 15) is 14.4 Å². The zero-order chi connectivity index (χ0) is 18.4. The molecule has 3 heterocycles. The number of imidazole rings is 1. The number of H-pyrrole nitrogens is 1. The maximum atomic E-state index is 12.4. The van der Waals surface area contributed by atoms with E-state index in [0.29, 0.717) is 22.5 Å². The molecular weight excluding hydrogens is 402 g/mol. The highest BCUT2D eigenvalue weighted by Gasteiger charge is 2.33. The molecule has 3 N–H and O–H groups in total. The molecule has 0 fully saturated rings. The molecule has 1 aliphatic rings. The molecule has 0 aliphatic carbocycles. The van der Waals surface area contributed by atoms with Crippen LogP contribution in [0.15, 0.2) is 41.4 Å². The third-order valence-electron chi connectivity index (χ3n) is 3.98. The van der Waals surface area contributed by atoms with Crippen LogP contribution in [0.5, 0.6) is 0 Å². The van der Waals surface area contributed by atoms with Crippen molar-refractivity contribution >= 4 is 55.8 Å². The molecule has 0 spiro atoms. The number of carbonyl (C=O) groups is 3. The average Bonchev–Trinajstić information content (AvgIpc) is 3.27. The van der Waals surface area contributed by atoms with Crippen LogP contribution in [-0.4, -0.2) is 32.3 Å². The Hall–Kier alpha value is -3.20. The highest BCUT2D eigenvalue weighted by Crippen LogP contribution is 2.37. The third-order valence-corrected chi connectivity index (χ3v) is 4.74. The summed E-state index contributed by atoms with van der Waals surface area (Å²) in [6.07, 6.45) is 4.93. The quantitative estimate of drug-likeness (QED) is 0.570. The fraction of sp³-hybridized carbons (Fsp3) is 0.0588. The van der Waals surface area contributed by atoms with Gasteiger partial charge in [0.2, 0.25) is 5.91 Å². The second-order valence-corrected chi connectivity index (χ2v) is 6.53. The topological polar surface area (TPSA) is 109 Å². The molecule has 1 aliphatic heterocycles. The van der Waals surface area contributed by atoms with Crippen LogP contribution >= 0.6 is 15.9 Å². The molecule has 4 rings (SSSR count). The predicted octanol–water partition coefficient (Wildman–Crippen LogP) is 2.07. The standard InChI is InChI=1S/C17H12BrN5O3/c1-8(24)20-9-2-3-11-10(6-9)12(13-14(18)17(26)22-16(13)25)15(21-11)23-5-4-19-7-23/h2-7,21H,1H3,(H,20,24)(H,22,25,26). The first-order valence-corrected chi connectivity index (χ1v) is 8.42. The van der Waals surface area contributed by atoms with Crippen LogP contribution in [0.25, 0.3) is 22.3 Å². The monoisotopic (exact) mass is 413 g/mol. The molecule has 0 radical (unpaired) electrons. The van der Waals surface area contributed by atoms with Crippen molar-refractivity contribution in [2.75, 3.05) is 5.32 Å². The Morgan fingerprint density at radius 2 is 2.08 bits per heavy atom. The molecule has 0 bridgehead atoms. The first-order chi connectivity index (χ1) is 12.5. The van der Waals surface area contributed by atoms with E-state index in [1.165, 1.54) is 6.92 Å². The number of hydrogen-bond donors (Lipinski definition) is 3. The van der Waals surface area contributed by atoms with Crippen LogP contribution in [0.2, 0.25) is 0 Å². The molecule has 0 saturated carbocycles. The van der Waals surface area contributed by atoms with Gasteiger partial charge in [-0.15, -0.1) is 0 Å². The van der Waals surface area contributed by atoms with Crippen LogP contribution in [0.3, 0.4) is 0 Å². The molecule has 0 saturated heterocycles. The molecule has 26 heavy (non-hydrogen) atoms. The second kappa shape index (κ2) is 5.95. The highest BCUT2D eigenvalue weighted by atomic mass is 79.9. The number of imide groups is 1. The maximum absolute atomic E-state index is 12.4. The summed E-state index contributed by atoms with van der Waals surface area (Å²) in [5.41, 5.74) is 2.10. The molecule has 0 atom stereocenters. The number of rotatable bonds is 3. The molecule has 3 aromatic rings. The van der Waals surface area contributed by atoms with Gasteiger partial charge in [-0.2, -0.15) is 0 Å². The molecular formula is C17H12BrN5O3. The van der Waals surface area contributed by atoms with Crippen LogP contribution in [0.1, 0.15) is 12.5 Å².